The number of nitrogens with zero attached hydrogens (tertiary/aromatic N) is 1. The van der Waals surface area contributed by atoms with Gasteiger partial charge < -0.3 is 0 Å². The molecule has 0 bridgehead atoms. The van der Waals surface area contributed by atoms with Gasteiger partial charge in [0.1, 0.15) is 0 Å². The molecule has 1 nitrogen and oxygen atoms in total. The summed E-state index contributed by atoms with van der Waals surface area (Å²) in [5, 5.41) is 0.711. The Labute approximate surface area is 78.4 Å². The molecule has 1 rings (SSSR count). The summed E-state index contributed by atoms with van der Waals surface area (Å²) in [7, 11) is 0. The van der Waals surface area contributed by atoms with E-state index in [4.69, 9.17) is 11.6 Å². The largest absolute Gasteiger partial charge is 0.261 e. The molecule has 0 radical (unpaired) electrons. The number of aromatic nitrogens is 1. The predicted molar refractivity (Wildman–Crippen MR) is 55.3 cm³/mol. The SMILES string of the molecule is C=C.C=Cc1cnc(C)cc1Cl. The number of hydrogen-bond donors (Lipinski definition) is 0. The summed E-state index contributed by atoms with van der Waals surface area (Å²) in [5.74, 6) is 0. The van der Waals surface area contributed by atoms with E-state index in [0.29, 0.717) is 5.02 Å². The number of aryl methyl sites for hydroxylation is 1. The summed E-state index contributed by atoms with van der Waals surface area (Å²) < 4.78 is 0. The maximum atomic E-state index is 5.82. The number of rotatable bonds is 1. The van der Waals surface area contributed by atoms with Crippen LogP contribution in [0.3, 0.4) is 0 Å². The third-order valence-corrected chi connectivity index (χ3v) is 1.57. The topological polar surface area (TPSA) is 12.9 Å². The lowest BCUT2D eigenvalue weighted by Crippen LogP contribution is -1.82. The molecule has 64 valence electrons. The third kappa shape index (κ3) is 2.89. The fourth-order valence-electron chi connectivity index (χ4n) is 0.687. The molecular weight excluding hydrogens is 170 g/mol. The van der Waals surface area contributed by atoms with Gasteiger partial charge in [-0.3, -0.25) is 4.98 Å². The highest BCUT2D eigenvalue weighted by molar-refractivity contribution is 6.32. The minimum absolute atomic E-state index is 0.711. The van der Waals surface area contributed by atoms with Gasteiger partial charge in [0.25, 0.3) is 0 Å². The Morgan fingerprint density at radius 3 is 2.50 bits per heavy atom. The van der Waals surface area contributed by atoms with Crippen molar-refractivity contribution in [2.45, 2.75) is 6.92 Å². The Hall–Kier alpha value is -1.08. The number of halogens is 1. The molecule has 0 amide bonds. The second kappa shape index (κ2) is 5.56. The first-order chi connectivity index (χ1) is 5.74. The van der Waals surface area contributed by atoms with Gasteiger partial charge in [-0.25, -0.2) is 0 Å². The van der Waals surface area contributed by atoms with Gasteiger partial charge in [-0.2, -0.15) is 0 Å². The Morgan fingerprint density at radius 2 is 2.08 bits per heavy atom. The van der Waals surface area contributed by atoms with Crippen molar-refractivity contribution in [3.8, 4) is 0 Å². The maximum absolute atomic E-state index is 5.82. The molecule has 1 aromatic heterocycles. The van der Waals surface area contributed by atoms with Crippen molar-refractivity contribution in [2.75, 3.05) is 0 Å². The van der Waals surface area contributed by atoms with Crippen molar-refractivity contribution in [3.63, 3.8) is 0 Å². The van der Waals surface area contributed by atoms with Crippen LogP contribution in [0.4, 0.5) is 0 Å². The van der Waals surface area contributed by atoms with E-state index in [1.165, 1.54) is 0 Å². The molecule has 1 heterocycles. The minimum atomic E-state index is 0.711. The molecule has 0 atom stereocenters. The highest BCUT2D eigenvalue weighted by atomic mass is 35.5. The molecule has 0 aliphatic heterocycles. The highest BCUT2D eigenvalue weighted by Crippen LogP contribution is 2.15. The van der Waals surface area contributed by atoms with Crippen LogP contribution in [-0.4, -0.2) is 4.98 Å². The number of pyridine rings is 1. The molecular formula is C10H12ClN. The van der Waals surface area contributed by atoms with Gasteiger partial charge in [0, 0.05) is 17.5 Å². The summed E-state index contributed by atoms with van der Waals surface area (Å²) in [6.45, 7) is 11.5. The van der Waals surface area contributed by atoms with Crippen LogP contribution in [-0.2, 0) is 0 Å². The fourth-order valence-corrected chi connectivity index (χ4v) is 0.971. The quantitative estimate of drug-likeness (QED) is 0.605. The monoisotopic (exact) mass is 181 g/mol. The van der Waals surface area contributed by atoms with Gasteiger partial charge in [0.05, 0.1) is 5.02 Å². The van der Waals surface area contributed by atoms with Gasteiger partial charge in [-0.05, 0) is 13.0 Å². The van der Waals surface area contributed by atoms with Crippen molar-refractivity contribution in [2.24, 2.45) is 0 Å². The fraction of sp³-hybridized carbons (Fsp3) is 0.100. The summed E-state index contributed by atoms with van der Waals surface area (Å²) in [4.78, 5) is 4.06. The van der Waals surface area contributed by atoms with Crippen LogP contribution in [0, 0.1) is 6.92 Å². The highest BCUT2D eigenvalue weighted by Gasteiger charge is 1.94. The van der Waals surface area contributed by atoms with Gasteiger partial charge in [-0.15, -0.1) is 13.2 Å². The van der Waals surface area contributed by atoms with Crippen molar-refractivity contribution in [3.05, 3.63) is 48.3 Å². The van der Waals surface area contributed by atoms with Gasteiger partial charge in [0.15, 0.2) is 0 Å². The Kier molecular flexibility index (Phi) is 5.06. The summed E-state index contributed by atoms with van der Waals surface area (Å²) in [5.41, 5.74) is 1.81. The molecule has 1 aromatic rings. The van der Waals surface area contributed by atoms with E-state index in [1.807, 2.05) is 13.0 Å². The Balaban J connectivity index is 0.000000561. The zero-order chi connectivity index (χ0) is 9.56. The first-order valence-electron chi connectivity index (χ1n) is 3.48. The van der Waals surface area contributed by atoms with E-state index in [1.54, 1.807) is 12.3 Å². The van der Waals surface area contributed by atoms with Crippen LogP contribution in [0.1, 0.15) is 11.3 Å². The molecule has 0 saturated carbocycles. The Morgan fingerprint density at radius 1 is 1.50 bits per heavy atom. The van der Waals surface area contributed by atoms with E-state index in [-0.39, 0.29) is 0 Å². The van der Waals surface area contributed by atoms with E-state index >= 15 is 0 Å². The van der Waals surface area contributed by atoms with Gasteiger partial charge >= 0.3 is 0 Å². The van der Waals surface area contributed by atoms with E-state index in [2.05, 4.69) is 24.7 Å². The van der Waals surface area contributed by atoms with Crippen molar-refractivity contribution in [1.82, 2.24) is 4.98 Å². The standard InChI is InChI=1S/C8H8ClN.C2H4/c1-3-7-5-10-6(2)4-8(7)9;1-2/h3-5H,1H2,2H3;1-2H2. The number of hydrogen-bond acceptors (Lipinski definition) is 1. The lowest BCUT2D eigenvalue weighted by molar-refractivity contribution is 1.19. The predicted octanol–water partition coefficient (Wildman–Crippen LogP) is 3.49. The molecule has 0 N–H and O–H groups in total. The molecule has 0 aliphatic carbocycles. The second-order valence-electron chi connectivity index (χ2n) is 2.05. The molecule has 0 unspecified atom stereocenters. The average Bonchev–Trinajstić information content (AvgIpc) is 2.08. The van der Waals surface area contributed by atoms with E-state index < -0.39 is 0 Å². The maximum Gasteiger partial charge on any atom is 0.0511 e. The smallest absolute Gasteiger partial charge is 0.0511 e. The lowest BCUT2D eigenvalue weighted by atomic mass is 10.2. The molecule has 12 heavy (non-hydrogen) atoms. The van der Waals surface area contributed by atoms with Crippen molar-refractivity contribution >= 4 is 17.7 Å². The lowest BCUT2D eigenvalue weighted by Gasteiger charge is -1.96. The van der Waals surface area contributed by atoms with Crippen LogP contribution in [0.2, 0.25) is 5.02 Å². The molecule has 0 aromatic carbocycles. The second-order valence-corrected chi connectivity index (χ2v) is 2.46. The molecule has 2 heteroatoms. The molecule has 0 aliphatic rings. The van der Waals surface area contributed by atoms with Crippen LogP contribution < -0.4 is 0 Å². The normalized spacial score (nSPS) is 8.17. The van der Waals surface area contributed by atoms with Gasteiger partial charge in [0.2, 0.25) is 0 Å². The zero-order valence-electron chi connectivity index (χ0n) is 7.18. The summed E-state index contributed by atoms with van der Waals surface area (Å²) in [6, 6.07) is 1.82. The van der Waals surface area contributed by atoms with E-state index in [0.717, 1.165) is 11.3 Å². The van der Waals surface area contributed by atoms with Crippen LogP contribution in [0.25, 0.3) is 6.08 Å². The summed E-state index contributed by atoms with van der Waals surface area (Å²) >= 11 is 5.82. The minimum Gasteiger partial charge on any atom is -0.261 e. The average molecular weight is 182 g/mol. The van der Waals surface area contributed by atoms with Crippen LogP contribution in [0.15, 0.2) is 32.0 Å². The first-order valence-corrected chi connectivity index (χ1v) is 3.86. The molecule has 0 saturated heterocycles. The summed E-state index contributed by atoms with van der Waals surface area (Å²) in [6.07, 6.45) is 3.40. The first kappa shape index (κ1) is 10.9. The van der Waals surface area contributed by atoms with Gasteiger partial charge in [-0.1, -0.05) is 24.3 Å². The van der Waals surface area contributed by atoms with Crippen LogP contribution >= 0.6 is 11.6 Å². The molecule has 0 spiro atoms. The van der Waals surface area contributed by atoms with Crippen molar-refractivity contribution < 1.29 is 0 Å². The Bertz CT molecular complexity index is 269. The zero-order valence-corrected chi connectivity index (χ0v) is 7.93. The van der Waals surface area contributed by atoms with E-state index in [9.17, 15) is 0 Å². The van der Waals surface area contributed by atoms with Crippen LogP contribution in [0.5, 0.6) is 0 Å². The van der Waals surface area contributed by atoms with Crippen molar-refractivity contribution in [1.29, 1.82) is 0 Å². The molecule has 0 fully saturated rings. The third-order valence-electron chi connectivity index (χ3n) is 1.24.